The van der Waals surface area contributed by atoms with Crippen LogP contribution in [-0.2, 0) is 6.42 Å². The molecule has 1 heterocycles. The van der Waals surface area contributed by atoms with E-state index in [-0.39, 0.29) is 6.10 Å². The highest BCUT2D eigenvalue weighted by atomic mass is 16.3. The quantitative estimate of drug-likeness (QED) is 0.724. The van der Waals surface area contributed by atoms with Crippen molar-refractivity contribution in [2.24, 2.45) is 5.92 Å². The third kappa shape index (κ3) is 1.98. The molecule has 1 aliphatic carbocycles. The van der Waals surface area contributed by atoms with Crippen molar-refractivity contribution in [3.05, 3.63) is 17.5 Å². The topological polar surface area (TPSA) is 48.9 Å². The molecular formula is C11H20N2O. The van der Waals surface area contributed by atoms with Gasteiger partial charge in [-0.15, -0.1) is 0 Å². The van der Waals surface area contributed by atoms with Crippen molar-refractivity contribution in [1.82, 2.24) is 10.2 Å². The van der Waals surface area contributed by atoms with Crippen LogP contribution in [0.2, 0.25) is 0 Å². The van der Waals surface area contributed by atoms with Gasteiger partial charge in [-0.3, -0.25) is 5.10 Å². The summed E-state index contributed by atoms with van der Waals surface area (Å²) in [6, 6.07) is 0. The average molecular weight is 196 g/mol. The fraction of sp³-hybridized carbons (Fsp3) is 0.727. The van der Waals surface area contributed by atoms with Gasteiger partial charge in [0, 0.05) is 0 Å². The predicted octanol–water partition coefficient (Wildman–Crippen LogP) is 2.44. The first-order chi connectivity index (χ1) is 6.83. The van der Waals surface area contributed by atoms with Crippen molar-refractivity contribution in [2.75, 3.05) is 0 Å². The molecule has 3 nitrogen and oxygen atoms in total. The molecule has 0 spiro atoms. The lowest BCUT2D eigenvalue weighted by Gasteiger charge is -2.25. The molecular weight excluding hydrogens is 176 g/mol. The molecule has 1 aromatic rings. The Labute approximate surface area is 85.5 Å². The minimum atomic E-state index is -0.318. The molecule has 2 rings (SSSR count). The van der Waals surface area contributed by atoms with Crippen molar-refractivity contribution < 1.29 is 5.11 Å². The number of rotatable bonds is 1. The number of H-pyrrole nitrogens is 1. The molecule has 1 aliphatic rings. The van der Waals surface area contributed by atoms with Gasteiger partial charge in [-0.1, -0.05) is 27.2 Å². The van der Waals surface area contributed by atoms with Crippen molar-refractivity contribution in [2.45, 2.75) is 46.1 Å². The zero-order chi connectivity index (χ0) is 10.6. The zero-order valence-corrected chi connectivity index (χ0v) is 9.25. The first kappa shape index (κ1) is 11.2. The van der Waals surface area contributed by atoms with Crippen molar-refractivity contribution in [1.29, 1.82) is 0 Å². The van der Waals surface area contributed by atoms with Crippen LogP contribution < -0.4 is 0 Å². The Hall–Kier alpha value is -0.830. The number of fused-ring (bicyclic) bond motifs is 1. The first-order valence-corrected chi connectivity index (χ1v) is 5.53. The number of aliphatic hydroxyl groups is 1. The lowest BCUT2D eigenvalue weighted by Crippen LogP contribution is -2.19. The molecule has 0 fully saturated rings. The average Bonchev–Trinajstić information content (AvgIpc) is 2.70. The lowest BCUT2D eigenvalue weighted by molar-refractivity contribution is 0.0875. The van der Waals surface area contributed by atoms with Gasteiger partial charge < -0.3 is 5.11 Å². The Morgan fingerprint density at radius 2 is 2.29 bits per heavy atom. The molecule has 0 bridgehead atoms. The molecule has 0 radical (unpaired) electrons. The second-order valence-electron chi connectivity index (χ2n) is 3.46. The summed E-state index contributed by atoms with van der Waals surface area (Å²) < 4.78 is 0. The van der Waals surface area contributed by atoms with Gasteiger partial charge in [0.2, 0.25) is 0 Å². The largest absolute Gasteiger partial charge is 0.387 e. The third-order valence-corrected chi connectivity index (χ3v) is 2.80. The molecule has 2 atom stereocenters. The summed E-state index contributed by atoms with van der Waals surface area (Å²) in [7, 11) is 0. The molecule has 14 heavy (non-hydrogen) atoms. The molecule has 80 valence electrons. The minimum Gasteiger partial charge on any atom is -0.387 e. The normalized spacial score (nSPS) is 24.9. The van der Waals surface area contributed by atoms with E-state index in [0.29, 0.717) is 5.92 Å². The van der Waals surface area contributed by atoms with Gasteiger partial charge in [0.05, 0.1) is 18.0 Å². The molecule has 2 unspecified atom stereocenters. The fourth-order valence-electron chi connectivity index (χ4n) is 1.94. The van der Waals surface area contributed by atoms with Gasteiger partial charge in [-0.05, 0) is 24.3 Å². The van der Waals surface area contributed by atoms with Gasteiger partial charge in [0.15, 0.2) is 0 Å². The number of nitrogens with one attached hydrogen (secondary N) is 1. The first-order valence-electron chi connectivity index (χ1n) is 5.53. The molecule has 0 aromatic carbocycles. The number of aromatic amines is 1. The highest BCUT2D eigenvalue weighted by molar-refractivity contribution is 5.22. The molecule has 0 saturated heterocycles. The Bertz CT molecular complexity index is 270. The number of hydrogen-bond donors (Lipinski definition) is 2. The number of aromatic nitrogens is 2. The van der Waals surface area contributed by atoms with E-state index in [1.807, 2.05) is 20.0 Å². The van der Waals surface area contributed by atoms with Crippen LogP contribution in [0.25, 0.3) is 0 Å². The van der Waals surface area contributed by atoms with E-state index in [4.69, 9.17) is 0 Å². The van der Waals surface area contributed by atoms with E-state index < -0.39 is 0 Å². The van der Waals surface area contributed by atoms with Crippen molar-refractivity contribution in [3.8, 4) is 0 Å². The zero-order valence-electron chi connectivity index (χ0n) is 9.25. The minimum absolute atomic E-state index is 0.318. The maximum absolute atomic E-state index is 9.84. The van der Waals surface area contributed by atoms with Crippen LogP contribution in [0.4, 0.5) is 0 Å². The number of aliphatic hydroxyl groups excluding tert-OH is 1. The summed E-state index contributed by atoms with van der Waals surface area (Å²) in [6.07, 6.45) is 4.69. The van der Waals surface area contributed by atoms with Gasteiger partial charge in [0.1, 0.15) is 0 Å². The number of hydrogen-bond acceptors (Lipinski definition) is 2. The number of nitrogens with zero attached hydrogens (tertiary/aromatic N) is 1. The monoisotopic (exact) mass is 196 g/mol. The van der Waals surface area contributed by atoms with Crippen LogP contribution in [0.3, 0.4) is 0 Å². The van der Waals surface area contributed by atoms with Crippen LogP contribution in [0.5, 0.6) is 0 Å². The predicted molar refractivity (Wildman–Crippen MR) is 57.0 cm³/mol. The molecule has 3 heteroatoms. The van der Waals surface area contributed by atoms with E-state index in [0.717, 1.165) is 25.0 Å². The Kier molecular flexibility index (Phi) is 4.14. The van der Waals surface area contributed by atoms with Gasteiger partial charge in [0.25, 0.3) is 0 Å². The van der Waals surface area contributed by atoms with E-state index in [2.05, 4.69) is 17.1 Å². The highest BCUT2D eigenvalue weighted by Crippen LogP contribution is 2.34. The van der Waals surface area contributed by atoms with Crippen LogP contribution in [0.1, 0.15) is 51.0 Å². The smallest absolute Gasteiger partial charge is 0.0984 e. The molecule has 0 aliphatic heterocycles. The fourth-order valence-corrected chi connectivity index (χ4v) is 1.94. The molecule has 2 N–H and O–H groups in total. The SMILES string of the molecule is CC.CCC1CCc2cn[nH]c2C1O. The van der Waals surface area contributed by atoms with E-state index in [1.54, 1.807) is 0 Å². The maximum Gasteiger partial charge on any atom is 0.0984 e. The van der Waals surface area contributed by atoms with Crippen LogP contribution in [0.15, 0.2) is 6.20 Å². The Morgan fingerprint density at radius 3 is 2.93 bits per heavy atom. The van der Waals surface area contributed by atoms with Crippen molar-refractivity contribution >= 4 is 0 Å². The summed E-state index contributed by atoms with van der Waals surface area (Å²) in [6.45, 7) is 6.12. The molecule has 0 saturated carbocycles. The van der Waals surface area contributed by atoms with Gasteiger partial charge in [-0.2, -0.15) is 5.10 Å². The van der Waals surface area contributed by atoms with Crippen LogP contribution in [-0.4, -0.2) is 15.3 Å². The summed E-state index contributed by atoms with van der Waals surface area (Å²) in [4.78, 5) is 0. The maximum atomic E-state index is 9.84. The Balaban J connectivity index is 0.000000461. The molecule has 1 aromatic heterocycles. The second kappa shape index (κ2) is 5.15. The van der Waals surface area contributed by atoms with Crippen LogP contribution >= 0.6 is 0 Å². The Morgan fingerprint density at radius 1 is 1.57 bits per heavy atom. The molecule has 0 amide bonds. The van der Waals surface area contributed by atoms with Gasteiger partial charge in [-0.25, -0.2) is 0 Å². The summed E-state index contributed by atoms with van der Waals surface area (Å²) in [5.41, 5.74) is 2.13. The summed E-state index contributed by atoms with van der Waals surface area (Å²) in [5, 5.41) is 16.6. The van der Waals surface area contributed by atoms with Gasteiger partial charge >= 0.3 is 0 Å². The van der Waals surface area contributed by atoms with Crippen LogP contribution in [0, 0.1) is 5.92 Å². The third-order valence-electron chi connectivity index (χ3n) is 2.80. The second-order valence-corrected chi connectivity index (χ2v) is 3.46. The van der Waals surface area contributed by atoms with E-state index in [9.17, 15) is 5.11 Å². The lowest BCUT2D eigenvalue weighted by atomic mass is 9.84. The number of aryl methyl sites for hydroxylation is 1. The highest BCUT2D eigenvalue weighted by Gasteiger charge is 2.27. The van der Waals surface area contributed by atoms with E-state index in [1.165, 1.54) is 5.56 Å². The standard InChI is InChI=1S/C9H14N2O.C2H6/c1-2-6-3-4-7-5-10-11-8(7)9(6)12;1-2/h5-6,9,12H,2-4H2,1H3,(H,10,11);1-2H3. The summed E-state index contributed by atoms with van der Waals surface area (Å²) in [5.74, 6) is 0.415. The van der Waals surface area contributed by atoms with Crippen molar-refractivity contribution in [3.63, 3.8) is 0 Å². The van der Waals surface area contributed by atoms with E-state index >= 15 is 0 Å². The summed E-state index contributed by atoms with van der Waals surface area (Å²) >= 11 is 0.